The molecule has 0 aromatic carbocycles. The lowest BCUT2D eigenvalue weighted by molar-refractivity contribution is -0.140. The smallest absolute Gasteiger partial charge is 0.321 e. The van der Waals surface area contributed by atoms with Crippen molar-refractivity contribution < 1.29 is 19.8 Å². The lowest BCUT2D eigenvalue weighted by Crippen LogP contribution is -2.42. The highest BCUT2D eigenvalue weighted by atomic mass is 32.2. The summed E-state index contributed by atoms with van der Waals surface area (Å²) in [6.45, 7) is 1.37. The number of carbonyl (C=O) groups is 2. The van der Waals surface area contributed by atoms with E-state index in [2.05, 4.69) is 0 Å². The van der Waals surface area contributed by atoms with Gasteiger partial charge in [0.1, 0.15) is 10.8 Å². The average molecular weight is 222 g/mol. The van der Waals surface area contributed by atoms with Crippen molar-refractivity contribution in [2.24, 2.45) is 11.5 Å². The molecule has 0 aliphatic heterocycles. The molecule has 2 atom stereocenters. The quantitative estimate of drug-likeness (QED) is 0.451. The molecule has 0 aliphatic rings. The third kappa shape index (κ3) is 3.52. The highest BCUT2D eigenvalue weighted by Gasteiger charge is 2.33. The van der Waals surface area contributed by atoms with Crippen LogP contribution in [0.2, 0.25) is 0 Å². The molecule has 6 N–H and O–H groups in total. The summed E-state index contributed by atoms with van der Waals surface area (Å²) in [6.07, 6.45) is 0. The molecule has 7 heteroatoms. The monoisotopic (exact) mass is 222 g/mol. The molecule has 0 aliphatic carbocycles. The number of rotatable bonds is 6. The third-order valence-electron chi connectivity index (χ3n) is 1.74. The van der Waals surface area contributed by atoms with Gasteiger partial charge in [-0.2, -0.15) is 0 Å². The van der Waals surface area contributed by atoms with Crippen LogP contribution in [0.25, 0.3) is 0 Å². The standard InChI is InChI=1S/C7H14N2O4S/c1-7(3-8,6(12)13)14-2-4(9)5(10)11/h4H,2-3,8-9H2,1H3,(H,10,11)(H,12,13)/t4-,7+/m0/s1. The number of thioether (sulfide) groups is 1. The van der Waals surface area contributed by atoms with Crippen LogP contribution >= 0.6 is 11.8 Å². The summed E-state index contributed by atoms with van der Waals surface area (Å²) in [6, 6.07) is -1.06. The van der Waals surface area contributed by atoms with Gasteiger partial charge >= 0.3 is 11.9 Å². The van der Waals surface area contributed by atoms with Gasteiger partial charge in [-0.15, -0.1) is 11.8 Å². The predicted molar refractivity (Wildman–Crippen MR) is 53.2 cm³/mol. The van der Waals surface area contributed by atoms with E-state index in [9.17, 15) is 9.59 Å². The van der Waals surface area contributed by atoms with Crippen molar-refractivity contribution in [1.29, 1.82) is 0 Å². The van der Waals surface area contributed by atoms with E-state index in [1.54, 1.807) is 0 Å². The van der Waals surface area contributed by atoms with Crippen molar-refractivity contribution in [1.82, 2.24) is 0 Å². The first-order valence-electron chi connectivity index (χ1n) is 3.89. The first-order valence-corrected chi connectivity index (χ1v) is 4.88. The predicted octanol–water partition coefficient (Wildman–Crippen LogP) is -1.07. The minimum atomic E-state index is -1.17. The normalized spacial score (nSPS) is 17.1. The lowest BCUT2D eigenvalue weighted by atomic mass is 10.2. The van der Waals surface area contributed by atoms with Gasteiger partial charge in [-0.3, -0.25) is 9.59 Å². The summed E-state index contributed by atoms with van der Waals surface area (Å²) in [5.41, 5.74) is 10.5. The van der Waals surface area contributed by atoms with Gasteiger partial charge < -0.3 is 21.7 Å². The lowest BCUT2D eigenvalue weighted by Gasteiger charge is -2.22. The van der Waals surface area contributed by atoms with Gasteiger partial charge in [0.2, 0.25) is 0 Å². The number of nitrogens with two attached hydrogens (primary N) is 2. The second-order valence-electron chi connectivity index (χ2n) is 3.00. The Balaban J connectivity index is 4.21. The van der Waals surface area contributed by atoms with Crippen molar-refractivity contribution in [3.05, 3.63) is 0 Å². The molecule has 0 saturated heterocycles. The molecule has 0 radical (unpaired) electrons. The summed E-state index contributed by atoms with van der Waals surface area (Å²) < 4.78 is -1.17. The number of aliphatic carboxylic acids is 2. The molecule has 0 spiro atoms. The molecule has 0 amide bonds. The maximum Gasteiger partial charge on any atom is 0.321 e. The highest BCUT2D eigenvalue weighted by Crippen LogP contribution is 2.24. The van der Waals surface area contributed by atoms with Crippen molar-refractivity contribution in [3.8, 4) is 0 Å². The molecule has 0 bridgehead atoms. The van der Waals surface area contributed by atoms with Crippen LogP contribution < -0.4 is 11.5 Å². The molecule has 0 unspecified atom stereocenters. The zero-order valence-electron chi connectivity index (χ0n) is 7.77. The third-order valence-corrected chi connectivity index (χ3v) is 3.24. The molecule has 14 heavy (non-hydrogen) atoms. The van der Waals surface area contributed by atoms with Gasteiger partial charge in [0, 0.05) is 12.3 Å². The van der Waals surface area contributed by atoms with Crippen molar-refractivity contribution in [3.63, 3.8) is 0 Å². The van der Waals surface area contributed by atoms with E-state index in [1.807, 2.05) is 0 Å². The first-order chi connectivity index (χ1) is 6.33. The molecule has 0 fully saturated rings. The number of carboxylic acids is 2. The first kappa shape index (κ1) is 13.2. The van der Waals surface area contributed by atoms with Crippen LogP contribution in [0.15, 0.2) is 0 Å². The molecule has 82 valence electrons. The van der Waals surface area contributed by atoms with Crippen LogP contribution in [-0.4, -0.2) is 45.2 Å². The molecule has 0 saturated carbocycles. The van der Waals surface area contributed by atoms with Gasteiger partial charge in [0.15, 0.2) is 0 Å². The fourth-order valence-electron chi connectivity index (χ4n) is 0.553. The van der Waals surface area contributed by atoms with E-state index in [-0.39, 0.29) is 12.3 Å². The topological polar surface area (TPSA) is 127 Å². The Morgan fingerprint density at radius 1 is 1.50 bits per heavy atom. The SMILES string of the molecule is C[C@](CN)(SC[C@H](N)C(=O)O)C(=O)O. The van der Waals surface area contributed by atoms with E-state index in [0.29, 0.717) is 0 Å². The largest absolute Gasteiger partial charge is 0.480 e. The van der Waals surface area contributed by atoms with Crippen molar-refractivity contribution in [2.45, 2.75) is 17.7 Å². The summed E-state index contributed by atoms with van der Waals surface area (Å²) in [7, 11) is 0. The molecule has 0 rings (SSSR count). The zero-order chi connectivity index (χ0) is 11.4. The maximum atomic E-state index is 10.7. The minimum absolute atomic E-state index is 0.0231. The summed E-state index contributed by atoms with van der Waals surface area (Å²) in [5, 5.41) is 17.3. The maximum absolute atomic E-state index is 10.7. The van der Waals surface area contributed by atoms with Crippen LogP contribution in [0.1, 0.15) is 6.92 Å². The van der Waals surface area contributed by atoms with Crippen LogP contribution in [0.4, 0.5) is 0 Å². The molecular weight excluding hydrogens is 208 g/mol. The highest BCUT2D eigenvalue weighted by molar-refractivity contribution is 8.01. The fourth-order valence-corrected chi connectivity index (χ4v) is 1.48. The Morgan fingerprint density at radius 2 is 2.00 bits per heavy atom. The Labute approximate surface area is 85.6 Å². The Morgan fingerprint density at radius 3 is 2.29 bits per heavy atom. The van der Waals surface area contributed by atoms with Gasteiger partial charge in [-0.05, 0) is 6.92 Å². The van der Waals surface area contributed by atoms with Gasteiger partial charge in [0.05, 0.1) is 0 Å². The summed E-state index contributed by atoms with van der Waals surface area (Å²) in [5.74, 6) is -2.19. The number of hydrogen-bond donors (Lipinski definition) is 4. The van der Waals surface area contributed by atoms with Crippen LogP contribution in [0.5, 0.6) is 0 Å². The minimum Gasteiger partial charge on any atom is -0.480 e. The van der Waals surface area contributed by atoms with E-state index >= 15 is 0 Å². The Kier molecular flexibility index (Phi) is 4.89. The number of carboxylic acid groups (broad SMARTS) is 2. The summed E-state index contributed by atoms with van der Waals surface area (Å²) in [4.78, 5) is 21.1. The second kappa shape index (κ2) is 5.18. The van der Waals surface area contributed by atoms with Crippen LogP contribution in [0.3, 0.4) is 0 Å². The number of hydrogen-bond acceptors (Lipinski definition) is 5. The summed E-state index contributed by atoms with van der Waals surface area (Å²) >= 11 is 0.938. The molecular formula is C7H14N2O4S. The molecule has 0 aromatic heterocycles. The van der Waals surface area contributed by atoms with Gasteiger partial charge in [-0.25, -0.2) is 0 Å². The molecule has 0 aromatic rings. The average Bonchev–Trinajstić information content (AvgIpc) is 2.12. The van der Waals surface area contributed by atoms with Gasteiger partial charge in [-0.1, -0.05) is 0 Å². The molecule has 6 nitrogen and oxygen atoms in total. The van der Waals surface area contributed by atoms with Crippen molar-refractivity contribution in [2.75, 3.05) is 12.3 Å². The van der Waals surface area contributed by atoms with E-state index in [1.165, 1.54) is 6.92 Å². The van der Waals surface area contributed by atoms with E-state index in [4.69, 9.17) is 21.7 Å². The second-order valence-corrected chi connectivity index (χ2v) is 4.52. The van der Waals surface area contributed by atoms with E-state index < -0.39 is 22.7 Å². The van der Waals surface area contributed by atoms with Crippen LogP contribution in [-0.2, 0) is 9.59 Å². The van der Waals surface area contributed by atoms with E-state index in [0.717, 1.165) is 11.8 Å². The fraction of sp³-hybridized carbons (Fsp3) is 0.714. The van der Waals surface area contributed by atoms with Crippen molar-refractivity contribution >= 4 is 23.7 Å². The van der Waals surface area contributed by atoms with Gasteiger partial charge in [0.25, 0.3) is 0 Å². The Bertz CT molecular complexity index is 236. The molecule has 0 heterocycles. The Hall–Kier alpha value is -0.790. The van der Waals surface area contributed by atoms with Crippen LogP contribution in [0, 0.1) is 0 Å². The zero-order valence-corrected chi connectivity index (χ0v) is 8.58.